The Labute approximate surface area is 188 Å². The third-order valence-electron chi connectivity index (χ3n) is 4.77. The molecule has 0 saturated carbocycles. The molecule has 0 saturated heterocycles. The number of hydrogen-bond acceptors (Lipinski definition) is 5. The van der Waals surface area contributed by atoms with Gasteiger partial charge in [-0.05, 0) is 36.8 Å². The number of hydrogen-bond donors (Lipinski definition) is 1. The summed E-state index contributed by atoms with van der Waals surface area (Å²) in [5.74, 6) is 0.244. The first-order valence-electron chi connectivity index (χ1n) is 9.63. The molecule has 0 radical (unpaired) electrons. The number of nitrogens with one attached hydrogen (secondary N) is 1. The highest BCUT2D eigenvalue weighted by atomic mass is 35.5. The number of para-hydroxylation sites is 1. The molecule has 4 rings (SSSR count). The van der Waals surface area contributed by atoms with E-state index in [0.29, 0.717) is 26.9 Å². The molecule has 0 fully saturated rings. The summed E-state index contributed by atoms with van der Waals surface area (Å²) in [5.41, 5.74) is 1.45. The van der Waals surface area contributed by atoms with Crippen LogP contribution >= 0.6 is 23.4 Å². The number of anilines is 1. The average Bonchev–Trinajstić information content (AvgIpc) is 2.79. The SMILES string of the molecule is CC(c1ccccc1)n1c(SCC(=O)Nc2ccc(Cl)cn2)nc2ccccc2c1=O. The summed E-state index contributed by atoms with van der Waals surface area (Å²) in [6, 6.07) is 20.0. The van der Waals surface area contributed by atoms with Crippen LogP contribution in [0.1, 0.15) is 18.5 Å². The molecule has 0 spiro atoms. The molecular weight excluding hydrogens is 432 g/mol. The molecular formula is C23H19ClN4O2S. The van der Waals surface area contributed by atoms with Crippen molar-refractivity contribution in [1.82, 2.24) is 14.5 Å². The monoisotopic (exact) mass is 450 g/mol. The molecule has 0 aliphatic rings. The van der Waals surface area contributed by atoms with Crippen molar-refractivity contribution in [2.45, 2.75) is 18.1 Å². The molecule has 1 unspecified atom stereocenters. The smallest absolute Gasteiger partial charge is 0.262 e. The van der Waals surface area contributed by atoms with Gasteiger partial charge in [-0.25, -0.2) is 9.97 Å². The van der Waals surface area contributed by atoms with Crippen LogP contribution in [0.3, 0.4) is 0 Å². The summed E-state index contributed by atoms with van der Waals surface area (Å²) in [4.78, 5) is 34.5. The molecule has 2 aromatic heterocycles. The van der Waals surface area contributed by atoms with Crippen LogP contribution in [-0.2, 0) is 4.79 Å². The van der Waals surface area contributed by atoms with Crippen molar-refractivity contribution in [3.63, 3.8) is 0 Å². The van der Waals surface area contributed by atoms with Crippen molar-refractivity contribution < 1.29 is 4.79 Å². The van der Waals surface area contributed by atoms with Crippen LogP contribution < -0.4 is 10.9 Å². The van der Waals surface area contributed by atoms with E-state index in [1.807, 2.05) is 49.4 Å². The van der Waals surface area contributed by atoms with Crippen LogP contribution in [0.2, 0.25) is 5.02 Å². The number of halogens is 1. The van der Waals surface area contributed by atoms with Gasteiger partial charge in [0.25, 0.3) is 5.56 Å². The standard InChI is InChI=1S/C23H19ClN4O2S/c1-15(16-7-3-2-4-8-16)28-22(30)18-9-5-6-10-19(18)26-23(28)31-14-21(29)27-20-12-11-17(24)13-25-20/h2-13,15H,14H2,1H3,(H,25,27,29). The van der Waals surface area contributed by atoms with Crippen molar-refractivity contribution in [1.29, 1.82) is 0 Å². The number of thioether (sulfide) groups is 1. The van der Waals surface area contributed by atoms with Crippen LogP contribution in [0.5, 0.6) is 0 Å². The van der Waals surface area contributed by atoms with Gasteiger partial charge in [0.1, 0.15) is 5.82 Å². The van der Waals surface area contributed by atoms with Crippen molar-refractivity contribution >= 4 is 46.0 Å². The lowest BCUT2D eigenvalue weighted by atomic mass is 10.1. The number of pyridine rings is 1. The summed E-state index contributed by atoms with van der Waals surface area (Å²) in [6.45, 7) is 1.95. The van der Waals surface area contributed by atoms with E-state index in [1.165, 1.54) is 18.0 Å². The van der Waals surface area contributed by atoms with Gasteiger partial charge in [-0.1, -0.05) is 65.8 Å². The second kappa shape index (κ2) is 9.32. The Bertz CT molecular complexity index is 1280. The number of fused-ring (bicyclic) bond motifs is 1. The van der Waals surface area contributed by atoms with Crippen LogP contribution in [0.4, 0.5) is 5.82 Å². The van der Waals surface area contributed by atoms with E-state index in [4.69, 9.17) is 11.6 Å². The van der Waals surface area contributed by atoms with Gasteiger partial charge in [0, 0.05) is 6.20 Å². The fraction of sp³-hybridized carbons (Fsp3) is 0.130. The molecule has 156 valence electrons. The molecule has 2 aromatic carbocycles. The maximum atomic E-state index is 13.3. The lowest BCUT2D eigenvalue weighted by Crippen LogP contribution is -2.27. The normalized spacial score (nSPS) is 11.9. The molecule has 0 aliphatic heterocycles. The maximum absolute atomic E-state index is 13.3. The minimum Gasteiger partial charge on any atom is -0.310 e. The third kappa shape index (κ3) is 4.78. The van der Waals surface area contributed by atoms with Crippen molar-refractivity contribution in [3.8, 4) is 0 Å². The van der Waals surface area contributed by atoms with E-state index in [-0.39, 0.29) is 23.3 Å². The number of carbonyl (C=O) groups excluding carboxylic acids is 1. The van der Waals surface area contributed by atoms with Crippen LogP contribution in [0.25, 0.3) is 10.9 Å². The minimum absolute atomic E-state index is 0.0800. The molecule has 31 heavy (non-hydrogen) atoms. The van der Waals surface area contributed by atoms with E-state index in [9.17, 15) is 9.59 Å². The second-order valence-corrected chi connectivity index (χ2v) is 8.25. The van der Waals surface area contributed by atoms with Gasteiger partial charge in [-0.15, -0.1) is 0 Å². The Kier molecular flexibility index (Phi) is 6.34. The Morgan fingerprint density at radius 1 is 1.10 bits per heavy atom. The van der Waals surface area contributed by atoms with Gasteiger partial charge in [0.2, 0.25) is 5.91 Å². The van der Waals surface area contributed by atoms with E-state index in [1.54, 1.807) is 28.8 Å². The number of rotatable bonds is 6. The zero-order valence-corrected chi connectivity index (χ0v) is 18.2. The number of carbonyl (C=O) groups is 1. The number of amides is 1. The first kappa shape index (κ1) is 21.1. The highest BCUT2D eigenvalue weighted by molar-refractivity contribution is 7.99. The Morgan fingerprint density at radius 2 is 1.84 bits per heavy atom. The summed E-state index contributed by atoms with van der Waals surface area (Å²) in [7, 11) is 0. The zero-order valence-electron chi connectivity index (χ0n) is 16.7. The molecule has 8 heteroatoms. The van der Waals surface area contributed by atoms with Gasteiger partial charge in [0.05, 0.1) is 27.7 Å². The summed E-state index contributed by atoms with van der Waals surface area (Å²) >= 11 is 7.05. The summed E-state index contributed by atoms with van der Waals surface area (Å²) in [6.07, 6.45) is 1.47. The Balaban J connectivity index is 1.65. The molecule has 1 amide bonds. The van der Waals surface area contributed by atoms with E-state index < -0.39 is 0 Å². The molecule has 1 atom stereocenters. The van der Waals surface area contributed by atoms with Gasteiger partial charge in [-0.3, -0.25) is 14.2 Å². The summed E-state index contributed by atoms with van der Waals surface area (Å²) < 4.78 is 1.65. The van der Waals surface area contributed by atoms with Crippen LogP contribution in [0, 0.1) is 0 Å². The highest BCUT2D eigenvalue weighted by Gasteiger charge is 2.19. The first-order valence-corrected chi connectivity index (χ1v) is 11.0. The summed E-state index contributed by atoms with van der Waals surface area (Å²) in [5, 5.41) is 4.25. The molecule has 6 nitrogen and oxygen atoms in total. The van der Waals surface area contributed by atoms with E-state index in [0.717, 1.165) is 5.56 Å². The van der Waals surface area contributed by atoms with Crippen molar-refractivity contribution in [2.75, 3.05) is 11.1 Å². The largest absolute Gasteiger partial charge is 0.310 e. The van der Waals surface area contributed by atoms with E-state index >= 15 is 0 Å². The zero-order chi connectivity index (χ0) is 21.8. The number of nitrogens with zero attached hydrogens (tertiary/aromatic N) is 3. The fourth-order valence-electron chi connectivity index (χ4n) is 3.21. The topological polar surface area (TPSA) is 76.9 Å². The third-order valence-corrected chi connectivity index (χ3v) is 5.95. The Morgan fingerprint density at radius 3 is 2.58 bits per heavy atom. The number of aromatic nitrogens is 3. The molecule has 4 aromatic rings. The lowest BCUT2D eigenvalue weighted by Gasteiger charge is -2.20. The molecule has 2 heterocycles. The predicted molar refractivity (Wildman–Crippen MR) is 125 cm³/mol. The highest BCUT2D eigenvalue weighted by Crippen LogP contribution is 2.25. The fourth-order valence-corrected chi connectivity index (χ4v) is 4.20. The Hall–Kier alpha value is -3.16. The first-order chi connectivity index (χ1) is 15.0. The quantitative estimate of drug-likeness (QED) is 0.337. The van der Waals surface area contributed by atoms with Crippen molar-refractivity contribution in [2.24, 2.45) is 0 Å². The predicted octanol–water partition coefficient (Wildman–Crippen LogP) is 4.79. The van der Waals surface area contributed by atoms with Gasteiger partial charge in [-0.2, -0.15) is 0 Å². The minimum atomic E-state index is -0.249. The average molecular weight is 451 g/mol. The lowest BCUT2D eigenvalue weighted by molar-refractivity contribution is -0.113. The molecule has 1 N–H and O–H groups in total. The second-order valence-electron chi connectivity index (χ2n) is 6.87. The van der Waals surface area contributed by atoms with Crippen molar-refractivity contribution in [3.05, 3.63) is 93.9 Å². The molecule has 0 bridgehead atoms. The van der Waals surface area contributed by atoms with Crippen LogP contribution in [0.15, 0.2) is 82.9 Å². The van der Waals surface area contributed by atoms with Gasteiger partial charge >= 0.3 is 0 Å². The number of benzene rings is 2. The van der Waals surface area contributed by atoms with Crippen LogP contribution in [-0.4, -0.2) is 26.2 Å². The van der Waals surface area contributed by atoms with Gasteiger partial charge < -0.3 is 5.32 Å². The van der Waals surface area contributed by atoms with Gasteiger partial charge in [0.15, 0.2) is 5.16 Å². The molecule has 0 aliphatic carbocycles. The maximum Gasteiger partial charge on any atom is 0.262 e. The van der Waals surface area contributed by atoms with E-state index in [2.05, 4.69) is 15.3 Å².